The van der Waals surface area contributed by atoms with Crippen molar-refractivity contribution in [3.8, 4) is 5.75 Å². The third kappa shape index (κ3) is 2.79. The van der Waals surface area contributed by atoms with E-state index in [1.54, 1.807) is 25.6 Å². The molecule has 0 aromatic carbocycles. The van der Waals surface area contributed by atoms with Crippen LogP contribution in [0.5, 0.6) is 5.75 Å². The van der Waals surface area contributed by atoms with E-state index in [2.05, 4.69) is 22.5 Å². The Kier molecular flexibility index (Phi) is 3.81. The molecule has 5 heteroatoms. The lowest BCUT2D eigenvalue weighted by Gasteiger charge is -2.35. The highest BCUT2D eigenvalue weighted by molar-refractivity contribution is 5.97. The van der Waals surface area contributed by atoms with Crippen LogP contribution in [0, 0.1) is 0 Å². The molecule has 2 rings (SSSR count). The maximum absolute atomic E-state index is 12.3. The topological polar surface area (TPSA) is 63.2 Å². The average Bonchev–Trinajstić information content (AvgIpc) is 2.39. The van der Waals surface area contributed by atoms with Gasteiger partial charge in [-0.05, 0) is 38.9 Å². The summed E-state index contributed by atoms with van der Waals surface area (Å²) < 4.78 is 5.15. The quantitative estimate of drug-likeness (QED) is 0.837. The number of amides is 1. The number of ether oxygens (including phenoxy) is 1. The molecule has 5 nitrogen and oxygen atoms in total. The first-order chi connectivity index (χ1) is 8.64. The summed E-state index contributed by atoms with van der Waals surface area (Å²) in [5, 5.41) is 6.39. The van der Waals surface area contributed by atoms with Crippen LogP contribution in [0.3, 0.4) is 0 Å². The van der Waals surface area contributed by atoms with E-state index in [9.17, 15) is 4.79 Å². The van der Waals surface area contributed by atoms with Crippen molar-refractivity contribution in [2.24, 2.45) is 0 Å². The van der Waals surface area contributed by atoms with Gasteiger partial charge in [0.15, 0.2) is 0 Å². The Morgan fingerprint density at radius 1 is 1.50 bits per heavy atom. The smallest absolute Gasteiger partial charge is 0.255 e. The monoisotopic (exact) mass is 249 g/mol. The lowest BCUT2D eigenvalue weighted by Crippen LogP contribution is -2.52. The van der Waals surface area contributed by atoms with Gasteiger partial charge in [-0.2, -0.15) is 0 Å². The highest BCUT2D eigenvalue weighted by Crippen LogP contribution is 2.21. The molecule has 2 N–H and O–H groups in total. The number of carbonyl (C=O) groups is 1. The molecule has 1 saturated heterocycles. The van der Waals surface area contributed by atoms with Crippen LogP contribution in [0.1, 0.15) is 30.1 Å². The minimum atomic E-state index is -0.142. The number of piperidine rings is 1. The Balaban J connectivity index is 2.11. The lowest BCUT2D eigenvalue weighted by molar-refractivity contribution is 0.0884. The zero-order chi connectivity index (χ0) is 13.0. The van der Waals surface area contributed by atoms with Gasteiger partial charge in [-0.25, -0.2) is 0 Å². The van der Waals surface area contributed by atoms with Crippen molar-refractivity contribution in [1.82, 2.24) is 15.6 Å². The number of aromatic nitrogens is 1. The fourth-order valence-electron chi connectivity index (χ4n) is 2.18. The van der Waals surface area contributed by atoms with Gasteiger partial charge in [0.2, 0.25) is 0 Å². The summed E-state index contributed by atoms with van der Waals surface area (Å²) in [7, 11) is 1.54. The average molecular weight is 249 g/mol. The van der Waals surface area contributed by atoms with Crippen LogP contribution in [-0.4, -0.2) is 36.6 Å². The third-order valence-electron chi connectivity index (χ3n) is 3.37. The van der Waals surface area contributed by atoms with Crippen LogP contribution in [0.2, 0.25) is 0 Å². The number of hydrogen-bond donors (Lipinski definition) is 2. The van der Waals surface area contributed by atoms with E-state index in [1.165, 1.54) is 0 Å². The van der Waals surface area contributed by atoms with E-state index in [-0.39, 0.29) is 11.4 Å². The molecule has 18 heavy (non-hydrogen) atoms. The number of hydrogen-bond acceptors (Lipinski definition) is 4. The van der Waals surface area contributed by atoms with Gasteiger partial charge in [-0.1, -0.05) is 0 Å². The van der Waals surface area contributed by atoms with Crippen molar-refractivity contribution in [1.29, 1.82) is 0 Å². The maximum Gasteiger partial charge on any atom is 0.255 e. The van der Waals surface area contributed by atoms with Gasteiger partial charge in [0.1, 0.15) is 5.75 Å². The van der Waals surface area contributed by atoms with Gasteiger partial charge < -0.3 is 15.4 Å². The fraction of sp³-hybridized carbons (Fsp3) is 0.538. The zero-order valence-electron chi connectivity index (χ0n) is 10.8. The summed E-state index contributed by atoms with van der Waals surface area (Å²) in [6.07, 6.45) is 5.03. The van der Waals surface area contributed by atoms with Crippen molar-refractivity contribution in [2.45, 2.75) is 25.3 Å². The van der Waals surface area contributed by atoms with Crippen molar-refractivity contribution in [3.63, 3.8) is 0 Å². The molecule has 0 radical (unpaired) electrons. The zero-order valence-corrected chi connectivity index (χ0v) is 10.8. The molecule has 1 fully saturated rings. The molecule has 1 aliphatic heterocycles. The number of nitrogens with zero attached hydrogens (tertiary/aromatic N) is 1. The van der Waals surface area contributed by atoms with E-state index >= 15 is 0 Å². The number of pyridine rings is 1. The van der Waals surface area contributed by atoms with Crippen LogP contribution in [0.4, 0.5) is 0 Å². The van der Waals surface area contributed by atoms with Gasteiger partial charge >= 0.3 is 0 Å². The van der Waals surface area contributed by atoms with E-state index in [4.69, 9.17) is 4.74 Å². The van der Waals surface area contributed by atoms with Gasteiger partial charge in [0, 0.05) is 11.7 Å². The molecule has 1 aromatic rings. The SMILES string of the molecule is COc1cnccc1C(=O)NC1(C)CCNCC1. The van der Waals surface area contributed by atoms with Crippen LogP contribution < -0.4 is 15.4 Å². The van der Waals surface area contributed by atoms with Gasteiger partial charge in [0.05, 0.1) is 18.9 Å². The predicted molar refractivity (Wildman–Crippen MR) is 68.8 cm³/mol. The van der Waals surface area contributed by atoms with Crippen LogP contribution in [0.25, 0.3) is 0 Å². The third-order valence-corrected chi connectivity index (χ3v) is 3.37. The summed E-state index contributed by atoms with van der Waals surface area (Å²) in [4.78, 5) is 16.2. The number of methoxy groups -OCH3 is 1. The predicted octanol–water partition coefficient (Wildman–Crippen LogP) is 0.962. The molecule has 2 heterocycles. The Bertz CT molecular complexity index is 428. The maximum atomic E-state index is 12.3. The first-order valence-corrected chi connectivity index (χ1v) is 6.16. The first kappa shape index (κ1) is 12.8. The van der Waals surface area contributed by atoms with Gasteiger partial charge in [-0.3, -0.25) is 9.78 Å². The largest absolute Gasteiger partial charge is 0.494 e. The molecular weight excluding hydrogens is 230 g/mol. The molecule has 0 aliphatic carbocycles. The summed E-state index contributed by atoms with van der Waals surface area (Å²) in [6, 6.07) is 1.68. The number of rotatable bonds is 3. The number of carbonyl (C=O) groups excluding carboxylic acids is 1. The Morgan fingerprint density at radius 3 is 2.89 bits per heavy atom. The molecule has 1 aliphatic rings. The standard InChI is InChI=1S/C13H19N3O2/c1-13(4-7-14-8-5-13)16-12(17)10-3-6-15-9-11(10)18-2/h3,6,9,14H,4-5,7-8H2,1-2H3,(H,16,17). The van der Waals surface area contributed by atoms with E-state index < -0.39 is 0 Å². The van der Waals surface area contributed by atoms with Gasteiger partial charge in [-0.15, -0.1) is 0 Å². The summed E-state index contributed by atoms with van der Waals surface area (Å²) in [5.74, 6) is 0.409. The highest BCUT2D eigenvalue weighted by Gasteiger charge is 2.29. The highest BCUT2D eigenvalue weighted by atomic mass is 16.5. The summed E-state index contributed by atoms with van der Waals surface area (Å²) in [5.41, 5.74) is 0.392. The first-order valence-electron chi connectivity index (χ1n) is 6.16. The van der Waals surface area contributed by atoms with Crippen LogP contribution in [0.15, 0.2) is 18.5 Å². The second kappa shape index (κ2) is 5.35. The second-order valence-corrected chi connectivity index (χ2v) is 4.84. The molecule has 0 bridgehead atoms. The molecule has 1 aromatic heterocycles. The van der Waals surface area contributed by atoms with Crippen molar-refractivity contribution in [2.75, 3.05) is 20.2 Å². The lowest BCUT2D eigenvalue weighted by atomic mass is 9.90. The summed E-state index contributed by atoms with van der Waals surface area (Å²) in [6.45, 7) is 3.95. The van der Waals surface area contributed by atoms with E-state index in [0.29, 0.717) is 11.3 Å². The molecule has 0 saturated carbocycles. The number of nitrogens with one attached hydrogen (secondary N) is 2. The summed E-state index contributed by atoms with van der Waals surface area (Å²) >= 11 is 0. The molecule has 0 atom stereocenters. The van der Waals surface area contributed by atoms with Crippen molar-refractivity contribution < 1.29 is 9.53 Å². The molecule has 0 spiro atoms. The molecule has 98 valence electrons. The Hall–Kier alpha value is -1.62. The van der Waals surface area contributed by atoms with Crippen LogP contribution >= 0.6 is 0 Å². The fourth-order valence-corrected chi connectivity index (χ4v) is 2.18. The minimum Gasteiger partial charge on any atom is -0.494 e. The molecule has 1 amide bonds. The Morgan fingerprint density at radius 2 is 2.22 bits per heavy atom. The van der Waals surface area contributed by atoms with E-state index in [0.717, 1.165) is 25.9 Å². The minimum absolute atomic E-state index is 0.0985. The molecular formula is C13H19N3O2. The van der Waals surface area contributed by atoms with Crippen molar-refractivity contribution in [3.05, 3.63) is 24.0 Å². The second-order valence-electron chi connectivity index (χ2n) is 4.84. The van der Waals surface area contributed by atoms with Crippen molar-refractivity contribution >= 4 is 5.91 Å². The van der Waals surface area contributed by atoms with Crippen LogP contribution in [-0.2, 0) is 0 Å². The Labute approximate surface area is 107 Å². The molecule has 0 unspecified atom stereocenters. The van der Waals surface area contributed by atoms with Gasteiger partial charge in [0.25, 0.3) is 5.91 Å². The van der Waals surface area contributed by atoms with E-state index in [1.807, 2.05) is 0 Å². The normalized spacial score (nSPS) is 18.1.